The molecule has 0 bridgehead atoms. The number of hydrogen-bond acceptors (Lipinski definition) is 3. The fraction of sp³-hybridized carbons (Fsp3) is 0.333. The van der Waals surface area contributed by atoms with Crippen LogP contribution >= 0.6 is 27.3 Å². The third-order valence-corrected chi connectivity index (χ3v) is 5.37. The lowest BCUT2D eigenvalue weighted by molar-refractivity contribution is 0.229. The molecule has 1 aliphatic rings. The Morgan fingerprint density at radius 2 is 2.11 bits per heavy atom. The second-order valence-corrected chi connectivity index (χ2v) is 7.45. The molecular formula is C15H17BrN2S. The molecule has 0 amide bonds. The van der Waals surface area contributed by atoms with E-state index in [1.807, 2.05) is 0 Å². The van der Waals surface area contributed by atoms with Gasteiger partial charge < -0.3 is 5.73 Å². The Morgan fingerprint density at radius 3 is 2.79 bits per heavy atom. The van der Waals surface area contributed by atoms with Gasteiger partial charge >= 0.3 is 0 Å². The number of nitrogens with two attached hydrogens (primary N) is 1. The maximum atomic E-state index is 6.24. The number of thiophene rings is 1. The maximum absolute atomic E-state index is 6.24. The normalized spacial score (nSPS) is 21.9. The Balaban J connectivity index is 1.80. The Kier molecular flexibility index (Phi) is 3.76. The van der Waals surface area contributed by atoms with Crippen molar-refractivity contribution >= 4 is 27.3 Å². The molecule has 2 aromatic rings. The van der Waals surface area contributed by atoms with E-state index in [0.717, 1.165) is 13.0 Å². The minimum atomic E-state index is 0.179. The Labute approximate surface area is 126 Å². The van der Waals surface area contributed by atoms with Crippen LogP contribution in [0.4, 0.5) is 0 Å². The average Bonchev–Trinajstić information content (AvgIpc) is 2.95. The van der Waals surface area contributed by atoms with Gasteiger partial charge in [-0.1, -0.05) is 24.3 Å². The molecule has 0 aliphatic heterocycles. The number of halogens is 1. The van der Waals surface area contributed by atoms with Crippen molar-refractivity contribution in [2.45, 2.75) is 25.0 Å². The van der Waals surface area contributed by atoms with Crippen LogP contribution in [0.3, 0.4) is 0 Å². The van der Waals surface area contributed by atoms with Gasteiger partial charge in [-0.25, -0.2) is 0 Å². The molecule has 0 saturated carbocycles. The highest BCUT2D eigenvalue weighted by molar-refractivity contribution is 9.11. The summed E-state index contributed by atoms with van der Waals surface area (Å²) in [4.78, 5) is 2.40. The second kappa shape index (κ2) is 5.37. The minimum Gasteiger partial charge on any atom is -0.324 e. The summed E-state index contributed by atoms with van der Waals surface area (Å²) in [5, 5.41) is 2.21. The Bertz CT molecular complexity index is 581. The molecule has 2 atom stereocenters. The van der Waals surface area contributed by atoms with Crippen molar-refractivity contribution in [1.29, 1.82) is 0 Å². The van der Waals surface area contributed by atoms with Gasteiger partial charge in [-0.05, 0) is 57.5 Å². The van der Waals surface area contributed by atoms with Crippen molar-refractivity contribution in [3.8, 4) is 0 Å². The summed E-state index contributed by atoms with van der Waals surface area (Å²) < 4.78 is 1.19. The smallest absolute Gasteiger partial charge is 0.0701 e. The summed E-state index contributed by atoms with van der Waals surface area (Å²) in [7, 11) is 2.19. The third kappa shape index (κ3) is 2.63. The quantitative estimate of drug-likeness (QED) is 0.914. The summed E-state index contributed by atoms with van der Waals surface area (Å²) >= 11 is 5.26. The molecule has 2 nitrogen and oxygen atoms in total. The van der Waals surface area contributed by atoms with Crippen LogP contribution in [0.15, 0.2) is 39.5 Å². The van der Waals surface area contributed by atoms with E-state index in [2.05, 4.69) is 63.6 Å². The molecule has 1 aromatic heterocycles. The summed E-state index contributed by atoms with van der Waals surface area (Å²) in [6.45, 7) is 0.966. The number of nitrogens with zero attached hydrogens (tertiary/aromatic N) is 1. The molecule has 0 fully saturated rings. The van der Waals surface area contributed by atoms with Gasteiger partial charge in [0, 0.05) is 18.6 Å². The second-order valence-electron chi connectivity index (χ2n) is 5.16. The van der Waals surface area contributed by atoms with Crippen LogP contribution in [0, 0.1) is 0 Å². The summed E-state index contributed by atoms with van der Waals surface area (Å²) in [5.41, 5.74) is 10.3. The van der Waals surface area contributed by atoms with Crippen LogP contribution in [0.2, 0.25) is 0 Å². The zero-order valence-electron chi connectivity index (χ0n) is 10.8. The standard InChI is InChI=1S/C15H17BrN2S/c1-18(8-10-6-15(16)19-9-10)14-7-13(17)11-4-2-3-5-12(11)14/h2-6,9,13-14H,7-8,17H2,1H3. The highest BCUT2D eigenvalue weighted by Gasteiger charge is 2.30. The first-order valence-electron chi connectivity index (χ1n) is 6.42. The highest BCUT2D eigenvalue weighted by atomic mass is 79.9. The van der Waals surface area contributed by atoms with Gasteiger partial charge in [0.15, 0.2) is 0 Å². The van der Waals surface area contributed by atoms with Gasteiger partial charge in [0.25, 0.3) is 0 Å². The van der Waals surface area contributed by atoms with E-state index in [1.165, 1.54) is 20.5 Å². The van der Waals surface area contributed by atoms with Crippen LogP contribution in [-0.4, -0.2) is 11.9 Å². The lowest BCUT2D eigenvalue weighted by Crippen LogP contribution is -2.22. The minimum absolute atomic E-state index is 0.179. The number of fused-ring (bicyclic) bond motifs is 1. The molecule has 0 saturated heterocycles. The van der Waals surface area contributed by atoms with Crippen molar-refractivity contribution in [2.24, 2.45) is 5.73 Å². The largest absolute Gasteiger partial charge is 0.324 e. The third-order valence-electron chi connectivity index (χ3n) is 3.82. The molecule has 0 radical (unpaired) electrons. The van der Waals surface area contributed by atoms with Gasteiger partial charge in [-0.2, -0.15) is 0 Å². The van der Waals surface area contributed by atoms with E-state index in [9.17, 15) is 0 Å². The predicted molar refractivity (Wildman–Crippen MR) is 84.2 cm³/mol. The van der Waals surface area contributed by atoms with Crippen LogP contribution in [0.5, 0.6) is 0 Å². The first-order valence-corrected chi connectivity index (χ1v) is 8.10. The van der Waals surface area contributed by atoms with Gasteiger partial charge in [-0.3, -0.25) is 4.90 Å². The number of benzene rings is 1. The van der Waals surface area contributed by atoms with Crippen LogP contribution in [0.1, 0.15) is 35.2 Å². The maximum Gasteiger partial charge on any atom is 0.0701 e. The lowest BCUT2D eigenvalue weighted by atomic mass is 10.1. The van der Waals surface area contributed by atoms with Crippen molar-refractivity contribution in [1.82, 2.24) is 4.90 Å². The van der Waals surface area contributed by atoms with Crippen molar-refractivity contribution in [2.75, 3.05) is 7.05 Å². The molecule has 0 spiro atoms. The zero-order valence-corrected chi connectivity index (χ0v) is 13.2. The van der Waals surface area contributed by atoms with E-state index < -0.39 is 0 Å². The lowest BCUT2D eigenvalue weighted by Gasteiger charge is -2.24. The molecule has 3 rings (SSSR count). The van der Waals surface area contributed by atoms with Crippen LogP contribution in [0.25, 0.3) is 0 Å². The van der Waals surface area contributed by atoms with Crippen LogP contribution in [-0.2, 0) is 6.54 Å². The average molecular weight is 337 g/mol. The molecule has 2 N–H and O–H groups in total. The Hall–Kier alpha value is -0.680. The molecule has 2 unspecified atom stereocenters. The molecule has 1 aromatic carbocycles. The molecule has 19 heavy (non-hydrogen) atoms. The SMILES string of the molecule is CN(Cc1csc(Br)c1)C1CC(N)c2ccccc21. The summed E-state index contributed by atoms with van der Waals surface area (Å²) in [6, 6.07) is 11.4. The van der Waals surface area contributed by atoms with E-state index in [1.54, 1.807) is 11.3 Å². The predicted octanol–water partition coefficient (Wildman–Crippen LogP) is 4.09. The van der Waals surface area contributed by atoms with Gasteiger partial charge in [-0.15, -0.1) is 11.3 Å². The molecule has 1 heterocycles. The van der Waals surface area contributed by atoms with E-state index in [0.29, 0.717) is 6.04 Å². The molecular weight excluding hydrogens is 320 g/mol. The van der Waals surface area contributed by atoms with E-state index >= 15 is 0 Å². The fourth-order valence-electron chi connectivity index (χ4n) is 2.89. The van der Waals surface area contributed by atoms with E-state index in [4.69, 9.17) is 5.73 Å². The fourth-order valence-corrected chi connectivity index (χ4v) is 4.09. The highest BCUT2D eigenvalue weighted by Crippen LogP contribution is 2.40. The van der Waals surface area contributed by atoms with Crippen molar-refractivity contribution in [3.05, 3.63) is 56.2 Å². The van der Waals surface area contributed by atoms with Gasteiger partial charge in [0.1, 0.15) is 0 Å². The summed E-state index contributed by atoms with van der Waals surface area (Å²) in [6.07, 6.45) is 1.02. The first kappa shape index (κ1) is 13.3. The number of hydrogen-bond donors (Lipinski definition) is 1. The number of rotatable bonds is 3. The first-order chi connectivity index (χ1) is 9.15. The topological polar surface area (TPSA) is 29.3 Å². The monoisotopic (exact) mass is 336 g/mol. The molecule has 100 valence electrons. The van der Waals surface area contributed by atoms with Gasteiger partial charge in [0.2, 0.25) is 0 Å². The van der Waals surface area contributed by atoms with Crippen LogP contribution < -0.4 is 5.73 Å². The Morgan fingerprint density at radius 1 is 1.37 bits per heavy atom. The summed E-state index contributed by atoms with van der Waals surface area (Å²) in [5.74, 6) is 0. The van der Waals surface area contributed by atoms with Crippen molar-refractivity contribution in [3.63, 3.8) is 0 Å². The van der Waals surface area contributed by atoms with E-state index in [-0.39, 0.29) is 6.04 Å². The van der Waals surface area contributed by atoms with Gasteiger partial charge in [0.05, 0.1) is 3.79 Å². The zero-order chi connectivity index (χ0) is 13.4. The molecule has 4 heteroatoms. The molecule has 1 aliphatic carbocycles. The van der Waals surface area contributed by atoms with Crippen molar-refractivity contribution < 1.29 is 0 Å².